The second-order valence-corrected chi connectivity index (χ2v) is 7.63. The number of benzene rings is 1. The van der Waals surface area contributed by atoms with E-state index in [2.05, 4.69) is 37.4 Å². The molecule has 0 N–H and O–H groups in total. The topological polar surface area (TPSA) is 0 Å². The van der Waals surface area contributed by atoms with Crippen LogP contribution in [0.3, 0.4) is 0 Å². The number of rotatable bonds is 3. The quantitative estimate of drug-likeness (QED) is 0.457. The summed E-state index contributed by atoms with van der Waals surface area (Å²) in [7, 11) is 2.34. The van der Waals surface area contributed by atoms with E-state index in [0.717, 1.165) is 21.1 Å². The van der Waals surface area contributed by atoms with Gasteiger partial charge in [-0.25, -0.2) is 3.89 Å². The van der Waals surface area contributed by atoms with E-state index in [1.165, 1.54) is 36.8 Å². The van der Waals surface area contributed by atoms with Crippen LogP contribution < -0.4 is 0 Å². The zero-order valence-electron chi connectivity index (χ0n) is 11.4. The molecule has 0 fully saturated rings. The van der Waals surface area contributed by atoms with Gasteiger partial charge in [0.05, 0.1) is 13.6 Å². The first-order valence-electron chi connectivity index (χ1n) is 7.05. The molecule has 19 heavy (non-hydrogen) atoms. The Morgan fingerprint density at radius 2 is 1.89 bits per heavy atom. The Bertz CT molecular complexity index is 521. The van der Waals surface area contributed by atoms with Gasteiger partial charge in [-0.05, 0) is 24.8 Å². The van der Waals surface area contributed by atoms with E-state index < -0.39 is 0 Å². The second-order valence-electron chi connectivity index (χ2n) is 5.57. The fourth-order valence-electron chi connectivity index (χ4n) is 3.09. The molecule has 0 amide bonds. The van der Waals surface area contributed by atoms with Crippen LogP contribution in [0.15, 0.2) is 41.6 Å². The number of quaternary nitrogens is 1. The van der Waals surface area contributed by atoms with Crippen LogP contribution in [0.2, 0.25) is 0 Å². The number of allylic oxidation sites excluding steroid dienone is 1. The predicted molar refractivity (Wildman–Crippen MR) is 86.9 cm³/mol. The highest BCUT2D eigenvalue weighted by molar-refractivity contribution is 8.20. The van der Waals surface area contributed by atoms with Gasteiger partial charge in [-0.3, -0.25) is 0 Å². The molecule has 0 saturated carbocycles. The van der Waals surface area contributed by atoms with Crippen molar-refractivity contribution in [2.75, 3.05) is 13.6 Å². The molecule has 0 aromatic heterocycles. The average Bonchev–Trinajstić information content (AvgIpc) is 2.71. The average molecular weight is 290 g/mol. The molecule has 3 rings (SSSR count). The van der Waals surface area contributed by atoms with E-state index in [1.54, 1.807) is 5.70 Å². The van der Waals surface area contributed by atoms with Gasteiger partial charge in [0.1, 0.15) is 21.8 Å². The lowest BCUT2D eigenvalue weighted by molar-refractivity contribution is -0.730. The molecular formula is C16H20NS2+. The summed E-state index contributed by atoms with van der Waals surface area (Å²) in [6, 6.07) is 10.8. The van der Waals surface area contributed by atoms with Gasteiger partial charge in [-0.2, -0.15) is 0 Å². The molecule has 2 aliphatic rings. The summed E-state index contributed by atoms with van der Waals surface area (Å²) in [6.45, 7) is 1.15. The van der Waals surface area contributed by atoms with Crippen molar-refractivity contribution in [2.45, 2.75) is 32.1 Å². The molecule has 1 aromatic carbocycles. The maximum absolute atomic E-state index is 5.59. The number of hydrogen-bond acceptors (Lipinski definition) is 2. The van der Waals surface area contributed by atoms with Crippen LogP contribution in [0, 0.1) is 0 Å². The van der Waals surface area contributed by atoms with Crippen molar-refractivity contribution >= 4 is 28.4 Å². The van der Waals surface area contributed by atoms with Crippen molar-refractivity contribution in [1.29, 1.82) is 0 Å². The van der Waals surface area contributed by atoms with Gasteiger partial charge < -0.3 is 0 Å². The number of likely N-dealkylation sites (N-methyl/N-ethyl adjacent to an activating group) is 1. The summed E-state index contributed by atoms with van der Waals surface area (Å²) >= 11 is 7.47. The van der Waals surface area contributed by atoms with Gasteiger partial charge in [0, 0.05) is 18.4 Å². The van der Waals surface area contributed by atoms with Crippen molar-refractivity contribution in [3.63, 3.8) is 0 Å². The summed E-state index contributed by atoms with van der Waals surface area (Å²) in [6.07, 6.45) is 6.23. The molecule has 1 heterocycles. The van der Waals surface area contributed by atoms with E-state index in [0.29, 0.717) is 0 Å². The molecule has 100 valence electrons. The largest absolute Gasteiger partial charge is 0.230 e. The van der Waals surface area contributed by atoms with Crippen molar-refractivity contribution < 1.29 is 3.89 Å². The molecule has 0 bridgehead atoms. The standard InChI is InChI=1S/C16H20NS2/c1-17(12-11-13-7-3-2-4-8-13)15-10-6-5-9-14(15)16(18)19-17/h2-4,7-8H,5-6,9-12H2,1H3/q+1/t17-/m0/s1. The first-order valence-corrected chi connectivity index (χ1v) is 8.23. The fraction of sp³-hybridized carbons (Fsp3) is 0.438. The highest BCUT2D eigenvalue weighted by Crippen LogP contribution is 2.46. The van der Waals surface area contributed by atoms with Crippen LogP contribution in [0.5, 0.6) is 0 Å². The fourth-order valence-corrected chi connectivity index (χ4v) is 5.00. The monoisotopic (exact) mass is 290 g/mol. The number of thiocarbonyl (C=S) groups is 1. The third kappa shape index (κ3) is 2.64. The highest BCUT2D eigenvalue weighted by Gasteiger charge is 2.42. The summed E-state index contributed by atoms with van der Waals surface area (Å²) < 4.78 is 2.15. The second kappa shape index (κ2) is 5.39. The van der Waals surface area contributed by atoms with Crippen LogP contribution in [-0.2, 0) is 6.42 Å². The van der Waals surface area contributed by atoms with Crippen molar-refractivity contribution in [1.82, 2.24) is 0 Å². The van der Waals surface area contributed by atoms with Crippen molar-refractivity contribution in [3.8, 4) is 0 Å². The molecular weight excluding hydrogens is 270 g/mol. The van der Waals surface area contributed by atoms with Gasteiger partial charge in [0.15, 0.2) is 0 Å². The third-order valence-corrected chi connectivity index (χ3v) is 5.90. The zero-order valence-corrected chi connectivity index (χ0v) is 13.0. The number of nitrogens with zero attached hydrogens (tertiary/aromatic N) is 1. The Labute approximate surface area is 125 Å². The van der Waals surface area contributed by atoms with Gasteiger partial charge >= 0.3 is 0 Å². The van der Waals surface area contributed by atoms with Crippen LogP contribution in [0.1, 0.15) is 31.2 Å². The van der Waals surface area contributed by atoms with Crippen molar-refractivity contribution in [3.05, 3.63) is 47.2 Å². The lowest BCUT2D eigenvalue weighted by Gasteiger charge is -2.30. The smallest absolute Gasteiger partial charge is 0.138 e. The first-order chi connectivity index (χ1) is 9.19. The lowest BCUT2D eigenvalue weighted by atomic mass is 9.96. The Kier molecular flexibility index (Phi) is 3.79. The minimum absolute atomic E-state index is 0.989. The maximum Gasteiger partial charge on any atom is 0.138 e. The third-order valence-electron chi connectivity index (χ3n) is 4.21. The van der Waals surface area contributed by atoms with Gasteiger partial charge in [0.25, 0.3) is 0 Å². The van der Waals surface area contributed by atoms with Gasteiger partial charge in [0.2, 0.25) is 0 Å². The maximum atomic E-state index is 5.59. The highest BCUT2D eigenvalue weighted by atomic mass is 32.2. The molecule has 0 unspecified atom stereocenters. The van der Waals surface area contributed by atoms with Crippen LogP contribution in [0.25, 0.3) is 0 Å². The van der Waals surface area contributed by atoms with E-state index >= 15 is 0 Å². The summed E-state index contributed by atoms with van der Waals surface area (Å²) in [5.74, 6) is 0. The zero-order chi connectivity index (χ0) is 13.3. The van der Waals surface area contributed by atoms with E-state index in [9.17, 15) is 0 Å². The summed E-state index contributed by atoms with van der Waals surface area (Å²) in [4.78, 5) is 0. The Balaban J connectivity index is 1.77. The summed E-state index contributed by atoms with van der Waals surface area (Å²) in [5, 5.41) is 0. The molecule has 1 atom stereocenters. The van der Waals surface area contributed by atoms with Gasteiger partial charge in [-0.1, -0.05) is 42.5 Å². The van der Waals surface area contributed by atoms with E-state index in [1.807, 2.05) is 11.9 Å². The Morgan fingerprint density at radius 3 is 2.68 bits per heavy atom. The molecule has 0 spiro atoms. The Morgan fingerprint density at radius 1 is 1.16 bits per heavy atom. The predicted octanol–water partition coefficient (Wildman–Crippen LogP) is 4.49. The SMILES string of the molecule is C[N@@+]1(CCc2ccccc2)SC(=S)C2=C1CCCC2. The number of hydrogen-bond donors (Lipinski definition) is 0. The van der Waals surface area contributed by atoms with Crippen LogP contribution >= 0.6 is 24.2 Å². The molecule has 1 aliphatic carbocycles. The van der Waals surface area contributed by atoms with E-state index in [4.69, 9.17) is 12.2 Å². The van der Waals surface area contributed by atoms with Crippen LogP contribution in [0.4, 0.5) is 0 Å². The molecule has 0 saturated heterocycles. The minimum atomic E-state index is 0.989. The minimum Gasteiger partial charge on any atom is -0.230 e. The normalized spacial score (nSPS) is 26.7. The molecule has 1 nitrogen and oxygen atoms in total. The summed E-state index contributed by atoms with van der Waals surface area (Å²) in [5.41, 5.74) is 4.54. The molecule has 3 heteroatoms. The first kappa shape index (κ1) is 13.3. The van der Waals surface area contributed by atoms with Gasteiger partial charge in [-0.15, -0.1) is 0 Å². The molecule has 1 aliphatic heterocycles. The Hall–Kier alpha value is -0.640. The lowest BCUT2D eigenvalue weighted by Crippen LogP contribution is -2.36. The van der Waals surface area contributed by atoms with Crippen molar-refractivity contribution in [2.24, 2.45) is 0 Å². The van der Waals surface area contributed by atoms with E-state index in [-0.39, 0.29) is 0 Å². The van der Waals surface area contributed by atoms with Crippen LogP contribution in [-0.4, -0.2) is 21.7 Å². The molecule has 0 radical (unpaired) electrons. The molecule has 1 aromatic rings.